The lowest BCUT2D eigenvalue weighted by Gasteiger charge is -2.60. The molecule has 4 rings (SSSR count). The van der Waals surface area contributed by atoms with E-state index >= 15 is 0 Å². The lowest BCUT2D eigenvalue weighted by molar-refractivity contribution is -0.147. The van der Waals surface area contributed by atoms with Gasteiger partial charge in [0.2, 0.25) is 5.91 Å². The number of aromatic amines is 1. The maximum absolute atomic E-state index is 11.8. The van der Waals surface area contributed by atoms with E-state index in [1.807, 2.05) is 0 Å². The summed E-state index contributed by atoms with van der Waals surface area (Å²) in [6, 6.07) is 6.85. The summed E-state index contributed by atoms with van der Waals surface area (Å²) in [5, 5.41) is 10.6. The minimum absolute atomic E-state index is 0.0348. The molecule has 2 heterocycles. The minimum Gasteiger partial charge on any atom is -0.507 e. The maximum Gasteiger partial charge on any atom is 0.245 e. The number of phenols is 1. The Hall–Kier alpha value is -2.86. The largest absolute Gasteiger partial charge is 0.507 e. The number of benzene rings is 1. The van der Waals surface area contributed by atoms with Crippen molar-refractivity contribution in [3.8, 4) is 5.75 Å². The van der Waals surface area contributed by atoms with Crippen molar-refractivity contribution in [2.24, 2.45) is 11.1 Å². The van der Waals surface area contributed by atoms with Gasteiger partial charge >= 0.3 is 0 Å². The van der Waals surface area contributed by atoms with Crippen LogP contribution < -0.4 is 11.5 Å². The Bertz CT molecular complexity index is 988. The lowest BCUT2D eigenvalue weighted by atomic mass is 9.54. The van der Waals surface area contributed by atoms with E-state index in [2.05, 4.69) is 11.6 Å². The molecule has 1 spiro atoms. The third kappa shape index (κ3) is 2.76. The molecule has 2 aromatic rings. The van der Waals surface area contributed by atoms with Crippen molar-refractivity contribution in [2.45, 2.75) is 18.8 Å². The molecule has 28 heavy (non-hydrogen) atoms. The van der Waals surface area contributed by atoms with Crippen LogP contribution in [0.15, 0.2) is 36.9 Å². The van der Waals surface area contributed by atoms with E-state index in [1.165, 1.54) is 6.08 Å². The van der Waals surface area contributed by atoms with Gasteiger partial charge in [-0.25, -0.2) is 0 Å². The van der Waals surface area contributed by atoms with Gasteiger partial charge in [-0.05, 0) is 37.1 Å². The summed E-state index contributed by atoms with van der Waals surface area (Å²) in [6.45, 7) is 4.97. The number of aromatic hydroxyl groups is 1. The number of nitrogens with one attached hydrogen (secondary N) is 1. The van der Waals surface area contributed by atoms with Crippen molar-refractivity contribution in [1.82, 2.24) is 9.88 Å². The first kappa shape index (κ1) is 18.5. The SMILES string of the molecule is C=CC(=O)N1CC2(CCC2c2[nH]c(N)c(/C=C(\N)c3ccccc3O)c2Cl)C1. The first-order chi connectivity index (χ1) is 13.4. The summed E-state index contributed by atoms with van der Waals surface area (Å²) in [5.74, 6) is 0.733. The summed E-state index contributed by atoms with van der Waals surface area (Å²) in [5.41, 5.74) is 14.8. The standard InChI is InChI=1S/C21H23ClN4O2/c1-2-17(28)26-10-21(11-26)8-7-14(21)19-18(22)13(20(24)25-19)9-15(23)12-5-3-4-6-16(12)27/h2-6,9,14,25,27H,1,7-8,10-11,23-24H2/b15-9-. The number of H-pyrrole nitrogens is 1. The number of rotatable bonds is 4. The molecule has 1 atom stereocenters. The molecule has 0 radical (unpaired) electrons. The number of para-hydroxylation sites is 1. The van der Waals surface area contributed by atoms with Crippen molar-refractivity contribution >= 4 is 35.1 Å². The highest BCUT2D eigenvalue weighted by Crippen LogP contribution is 2.59. The highest BCUT2D eigenvalue weighted by atomic mass is 35.5. The van der Waals surface area contributed by atoms with Crippen LogP contribution in [0.3, 0.4) is 0 Å². The predicted molar refractivity (Wildman–Crippen MR) is 112 cm³/mol. The molecule has 1 saturated heterocycles. The van der Waals surface area contributed by atoms with Crippen molar-refractivity contribution in [1.29, 1.82) is 0 Å². The van der Waals surface area contributed by atoms with Crippen molar-refractivity contribution in [2.75, 3.05) is 18.8 Å². The number of carbonyl (C=O) groups excluding carboxylic acids is 1. The van der Waals surface area contributed by atoms with Crippen LogP contribution in [-0.4, -0.2) is 34.0 Å². The number of amides is 1. The van der Waals surface area contributed by atoms with E-state index in [9.17, 15) is 9.90 Å². The predicted octanol–water partition coefficient (Wildman–Crippen LogP) is 3.30. The summed E-state index contributed by atoms with van der Waals surface area (Å²) >= 11 is 6.67. The van der Waals surface area contributed by atoms with E-state index in [1.54, 1.807) is 35.2 Å². The Morgan fingerprint density at radius 1 is 1.39 bits per heavy atom. The summed E-state index contributed by atoms with van der Waals surface area (Å²) < 4.78 is 0. The monoisotopic (exact) mass is 398 g/mol. The van der Waals surface area contributed by atoms with Crippen molar-refractivity contribution in [3.63, 3.8) is 0 Å². The molecule has 1 aliphatic carbocycles. The molecule has 6 nitrogen and oxygen atoms in total. The number of hydrogen-bond donors (Lipinski definition) is 4. The molecule has 1 aromatic carbocycles. The van der Waals surface area contributed by atoms with E-state index in [0.29, 0.717) is 40.8 Å². The Morgan fingerprint density at radius 2 is 2.11 bits per heavy atom. The highest BCUT2D eigenvalue weighted by molar-refractivity contribution is 6.33. The first-order valence-electron chi connectivity index (χ1n) is 9.20. The molecular formula is C21H23ClN4O2. The topological polar surface area (TPSA) is 108 Å². The van der Waals surface area contributed by atoms with Crippen LogP contribution in [0.5, 0.6) is 5.75 Å². The molecule has 1 amide bonds. The Morgan fingerprint density at radius 3 is 2.71 bits per heavy atom. The fourth-order valence-electron chi connectivity index (χ4n) is 4.39. The van der Waals surface area contributed by atoms with Gasteiger partial charge in [0.25, 0.3) is 0 Å². The van der Waals surface area contributed by atoms with E-state index in [4.69, 9.17) is 23.1 Å². The fraction of sp³-hybridized carbons (Fsp3) is 0.286. The van der Waals surface area contributed by atoms with Gasteiger partial charge in [-0.2, -0.15) is 0 Å². The van der Waals surface area contributed by atoms with Gasteiger partial charge in [0.1, 0.15) is 11.6 Å². The first-order valence-corrected chi connectivity index (χ1v) is 9.58. The zero-order valence-corrected chi connectivity index (χ0v) is 16.2. The number of nitrogens with two attached hydrogens (primary N) is 2. The second-order valence-corrected chi connectivity index (χ2v) is 8.03. The van der Waals surface area contributed by atoms with Gasteiger partial charge in [0.05, 0.1) is 5.02 Å². The molecule has 1 saturated carbocycles. The zero-order valence-electron chi connectivity index (χ0n) is 15.4. The van der Waals surface area contributed by atoms with Crippen LogP contribution in [0, 0.1) is 5.41 Å². The average Bonchev–Trinajstić information content (AvgIpc) is 2.87. The minimum atomic E-state index is -0.0348. The molecule has 1 aliphatic heterocycles. The third-order valence-corrected chi connectivity index (χ3v) is 6.47. The van der Waals surface area contributed by atoms with Crippen molar-refractivity contribution in [3.05, 3.63) is 58.8 Å². The Kier molecular flexibility index (Phi) is 4.38. The maximum atomic E-state index is 11.8. The number of carbonyl (C=O) groups is 1. The second-order valence-electron chi connectivity index (χ2n) is 7.65. The van der Waals surface area contributed by atoms with Crippen LogP contribution >= 0.6 is 11.6 Å². The molecule has 1 unspecified atom stereocenters. The Labute approximate surface area is 168 Å². The van der Waals surface area contributed by atoms with Gasteiger partial charge in [-0.15, -0.1) is 0 Å². The molecule has 0 bridgehead atoms. The fourth-order valence-corrected chi connectivity index (χ4v) is 4.72. The summed E-state index contributed by atoms with van der Waals surface area (Å²) in [7, 11) is 0. The van der Waals surface area contributed by atoms with Gasteiger partial charge < -0.3 is 26.5 Å². The quantitative estimate of drug-likeness (QED) is 0.592. The lowest BCUT2D eigenvalue weighted by Crippen LogP contribution is -2.64. The number of likely N-dealkylation sites (tertiary alicyclic amines) is 1. The average molecular weight is 399 g/mol. The van der Waals surface area contributed by atoms with Crippen molar-refractivity contribution < 1.29 is 9.90 Å². The number of nitrogen functional groups attached to an aromatic ring is 1. The third-order valence-electron chi connectivity index (χ3n) is 6.06. The van der Waals surface area contributed by atoms with Crippen LogP contribution in [0.4, 0.5) is 5.82 Å². The van der Waals surface area contributed by atoms with Crippen LogP contribution in [0.1, 0.15) is 35.6 Å². The van der Waals surface area contributed by atoms with Crippen LogP contribution in [0.25, 0.3) is 11.8 Å². The van der Waals surface area contributed by atoms with Gasteiger partial charge in [0, 0.05) is 46.9 Å². The second kappa shape index (κ2) is 6.63. The number of halogens is 1. The van der Waals surface area contributed by atoms with Crippen LogP contribution in [-0.2, 0) is 4.79 Å². The number of aromatic nitrogens is 1. The molecule has 2 fully saturated rings. The Balaban J connectivity index is 1.61. The number of nitrogens with zero attached hydrogens (tertiary/aromatic N) is 1. The van der Waals surface area contributed by atoms with Gasteiger partial charge in [0.15, 0.2) is 0 Å². The van der Waals surface area contributed by atoms with E-state index in [0.717, 1.165) is 18.5 Å². The molecular weight excluding hydrogens is 376 g/mol. The zero-order chi connectivity index (χ0) is 20.1. The smallest absolute Gasteiger partial charge is 0.245 e. The molecule has 146 valence electrons. The van der Waals surface area contributed by atoms with E-state index in [-0.39, 0.29) is 23.0 Å². The summed E-state index contributed by atoms with van der Waals surface area (Å²) in [4.78, 5) is 16.8. The van der Waals surface area contributed by atoms with Gasteiger partial charge in [-0.1, -0.05) is 30.3 Å². The number of anilines is 1. The number of hydrogen-bond acceptors (Lipinski definition) is 4. The molecule has 6 N–H and O–H groups in total. The number of phenolic OH excluding ortho intramolecular Hbond substituents is 1. The molecule has 1 aromatic heterocycles. The normalized spacial score (nSPS) is 20.5. The highest BCUT2D eigenvalue weighted by Gasteiger charge is 2.57. The molecule has 2 aliphatic rings. The summed E-state index contributed by atoms with van der Waals surface area (Å²) in [6.07, 6.45) is 5.09. The van der Waals surface area contributed by atoms with Crippen LogP contribution in [0.2, 0.25) is 5.02 Å². The molecule has 7 heteroatoms. The van der Waals surface area contributed by atoms with E-state index < -0.39 is 0 Å². The van der Waals surface area contributed by atoms with Gasteiger partial charge in [-0.3, -0.25) is 4.79 Å².